The highest BCUT2D eigenvalue weighted by molar-refractivity contribution is 7.98. The van der Waals surface area contributed by atoms with Gasteiger partial charge in [-0.1, -0.05) is 6.92 Å². The first-order valence-electron chi connectivity index (χ1n) is 7.81. The van der Waals surface area contributed by atoms with Gasteiger partial charge in [0.05, 0.1) is 0 Å². The maximum absolute atomic E-state index is 4.58. The fourth-order valence-electron chi connectivity index (χ4n) is 2.26. The monoisotopic (exact) mass is 310 g/mol. The van der Waals surface area contributed by atoms with Gasteiger partial charge in [0.1, 0.15) is 0 Å². The zero-order chi connectivity index (χ0) is 14.9. The van der Waals surface area contributed by atoms with E-state index in [0.717, 1.165) is 44.3 Å². The molecule has 6 nitrogen and oxygen atoms in total. The minimum absolute atomic E-state index is 0.679. The fourth-order valence-corrected chi connectivity index (χ4v) is 2.57. The average molecular weight is 310 g/mol. The molecule has 0 aromatic carbocycles. The summed E-state index contributed by atoms with van der Waals surface area (Å²) in [5.41, 5.74) is 0. The number of piperidine rings is 1. The lowest BCUT2D eigenvalue weighted by Crippen LogP contribution is -2.31. The van der Waals surface area contributed by atoms with Gasteiger partial charge in [-0.05, 0) is 31.9 Å². The Balaban J connectivity index is 2.10. The molecular weight excluding hydrogens is 284 g/mol. The maximum Gasteiger partial charge on any atom is 0.231 e. The van der Waals surface area contributed by atoms with Crippen LogP contribution in [0.5, 0.6) is 0 Å². The number of anilines is 3. The van der Waals surface area contributed by atoms with E-state index in [1.54, 1.807) is 0 Å². The summed E-state index contributed by atoms with van der Waals surface area (Å²) in [6, 6.07) is 0. The van der Waals surface area contributed by atoms with Crippen LogP contribution in [0.4, 0.5) is 17.8 Å². The number of nitrogens with zero attached hydrogens (tertiary/aromatic N) is 4. The van der Waals surface area contributed by atoms with Gasteiger partial charge in [-0.2, -0.15) is 26.7 Å². The molecule has 0 saturated carbocycles. The second-order valence-electron chi connectivity index (χ2n) is 5.18. The molecule has 2 N–H and O–H groups in total. The third-order valence-corrected chi connectivity index (χ3v) is 4.00. The smallest absolute Gasteiger partial charge is 0.231 e. The summed E-state index contributed by atoms with van der Waals surface area (Å²) in [6.07, 6.45) is 6.90. The van der Waals surface area contributed by atoms with Crippen LogP contribution in [0.2, 0.25) is 0 Å². The standard InChI is InChI=1S/C14H26N6S/c1-3-7-15-12-17-13(16-8-11-21-2)19-14(18-12)20-9-5-4-6-10-20/h3-11H2,1-2H3,(H2,15,16,17,18,19). The molecule has 1 fully saturated rings. The van der Waals surface area contributed by atoms with Crippen molar-refractivity contribution in [3.05, 3.63) is 0 Å². The van der Waals surface area contributed by atoms with Crippen molar-refractivity contribution in [3.63, 3.8) is 0 Å². The second-order valence-corrected chi connectivity index (χ2v) is 6.16. The molecule has 0 unspecified atom stereocenters. The summed E-state index contributed by atoms with van der Waals surface area (Å²) in [6.45, 7) is 5.98. The molecular formula is C14H26N6S. The van der Waals surface area contributed by atoms with Crippen molar-refractivity contribution in [2.75, 3.05) is 53.7 Å². The Labute approximate surface area is 131 Å². The average Bonchev–Trinajstić information content (AvgIpc) is 2.54. The van der Waals surface area contributed by atoms with Crippen LogP contribution in [0.15, 0.2) is 0 Å². The van der Waals surface area contributed by atoms with Gasteiger partial charge in [-0.25, -0.2) is 0 Å². The Kier molecular flexibility index (Phi) is 6.85. The number of hydrogen-bond acceptors (Lipinski definition) is 7. The zero-order valence-corrected chi connectivity index (χ0v) is 13.9. The van der Waals surface area contributed by atoms with Crippen molar-refractivity contribution >= 4 is 29.6 Å². The minimum Gasteiger partial charge on any atom is -0.354 e. The summed E-state index contributed by atoms with van der Waals surface area (Å²) in [5.74, 6) is 3.20. The molecule has 0 aliphatic carbocycles. The van der Waals surface area contributed by atoms with Crippen LogP contribution in [0, 0.1) is 0 Å². The molecule has 1 saturated heterocycles. The van der Waals surface area contributed by atoms with E-state index >= 15 is 0 Å². The van der Waals surface area contributed by atoms with Gasteiger partial charge in [0, 0.05) is 31.9 Å². The zero-order valence-electron chi connectivity index (χ0n) is 13.1. The van der Waals surface area contributed by atoms with Crippen LogP contribution in [-0.2, 0) is 0 Å². The van der Waals surface area contributed by atoms with E-state index in [0.29, 0.717) is 11.9 Å². The normalized spacial score (nSPS) is 15.0. The molecule has 1 aromatic heterocycles. The molecule has 118 valence electrons. The Hall–Kier alpha value is -1.24. The molecule has 7 heteroatoms. The minimum atomic E-state index is 0.679. The predicted molar refractivity (Wildman–Crippen MR) is 91.5 cm³/mol. The Bertz CT molecular complexity index is 422. The number of aromatic nitrogens is 3. The molecule has 1 aliphatic heterocycles. The van der Waals surface area contributed by atoms with Gasteiger partial charge in [-0.3, -0.25) is 0 Å². The van der Waals surface area contributed by atoms with E-state index in [1.807, 2.05) is 11.8 Å². The molecule has 2 rings (SSSR count). The van der Waals surface area contributed by atoms with Crippen molar-refractivity contribution in [3.8, 4) is 0 Å². The third-order valence-electron chi connectivity index (χ3n) is 3.38. The molecule has 1 aliphatic rings. The van der Waals surface area contributed by atoms with Crippen LogP contribution in [-0.4, -0.2) is 53.1 Å². The molecule has 1 aromatic rings. The molecule has 21 heavy (non-hydrogen) atoms. The molecule has 0 spiro atoms. The topological polar surface area (TPSA) is 66.0 Å². The van der Waals surface area contributed by atoms with Crippen molar-refractivity contribution in [2.45, 2.75) is 32.6 Å². The van der Waals surface area contributed by atoms with Gasteiger partial charge in [0.2, 0.25) is 17.8 Å². The van der Waals surface area contributed by atoms with E-state index in [2.05, 4.69) is 43.7 Å². The van der Waals surface area contributed by atoms with E-state index in [4.69, 9.17) is 0 Å². The van der Waals surface area contributed by atoms with Crippen molar-refractivity contribution < 1.29 is 0 Å². The first-order valence-corrected chi connectivity index (χ1v) is 9.20. The van der Waals surface area contributed by atoms with Gasteiger partial charge in [0.25, 0.3) is 0 Å². The van der Waals surface area contributed by atoms with Gasteiger partial charge in [0.15, 0.2) is 0 Å². The number of thioether (sulfide) groups is 1. The predicted octanol–water partition coefficient (Wildman–Crippen LogP) is 2.46. The summed E-state index contributed by atoms with van der Waals surface area (Å²) in [7, 11) is 0. The summed E-state index contributed by atoms with van der Waals surface area (Å²) < 4.78 is 0. The highest BCUT2D eigenvalue weighted by Gasteiger charge is 2.16. The van der Waals surface area contributed by atoms with Crippen LogP contribution in [0.1, 0.15) is 32.6 Å². The lowest BCUT2D eigenvalue weighted by atomic mass is 10.1. The first-order chi connectivity index (χ1) is 10.3. The fraction of sp³-hybridized carbons (Fsp3) is 0.786. The lowest BCUT2D eigenvalue weighted by molar-refractivity contribution is 0.568. The molecule has 0 amide bonds. The highest BCUT2D eigenvalue weighted by atomic mass is 32.2. The molecule has 0 bridgehead atoms. The van der Waals surface area contributed by atoms with Gasteiger partial charge < -0.3 is 15.5 Å². The maximum atomic E-state index is 4.58. The first kappa shape index (κ1) is 16.1. The number of nitrogens with one attached hydrogen (secondary N) is 2. The Morgan fingerprint density at radius 3 is 2.29 bits per heavy atom. The van der Waals surface area contributed by atoms with Crippen molar-refractivity contribution in [2.24, 2.45) is 0 Å². The van der Waals surface area contributed by atoms with Crippen LogP contribution < -0.4 is 15.5 Å². The Morgan fingerprint density at radius 1 is 1.00 bits per heavy atom. The molecule has 0 radical (unpaired) electrons. The number of hydrogen-bond donors (Lipinski definition) is 2. The van der Waals surface area contributed by atoms with Crippen LogP contribution >= 0.6 is 11.8 Å². The SMILES string of the molecule is CCCNc1nc(NCCSC)nc(N2CCCCC2)n1. The molecule has 2 heterocycles. The summed E-state index contributed by atoms with van der Waals surface area (Å²) in [4.78, 5) is 15.9. The lowest BCUT2D eigenvalue weighted by Gasteiger charge is -2.27. The van der Waals surface area contributed by atoms with E-state index in [1.165, 1.54) is 19.3 Å². The Morgan fingerprint density at radius 2 is 1.67 bits per heavy atom. The van der Waals surface area contributed by atoms with E-state index < -0.39 is 0 Å². The van der Waals surface area contributed by atoms with Crippen LogP contribution in [0.3, 0.4) is 0 Å². The third kappa shape index (κ3) is 5.22. The largest absolute Gasteiger partial charge is 0.354 e. The second kappa shape index (κ2) is 8.92. The summed E-state index contributed by atoms with van der Waals surface area (Å²) >= 11 is 1.81. The van der Waals surface area contributed by atoms with Crippen molar-refractivity contribution in [1.82, 2.24) is 15.0 Å². The van der Waals surface area contributed by atoms with Crippen LogP contribution in [0.25, 0.3) is 0 Å². The highest BCUT2D eigenvalue weighted by Crippen LogP contribution is 2.18. The van der Waals surface area contributed by atoms with Gasteiger partial charge >= 0.3 is 0 Å². The quantitative estimate of drug-likeness (QED) is 0.715. The van der Waals surface area contributed by atoms with E-state index in [9.17, 15) is 0 Å². The number of rotatable bonds is 8. The van der Waals surface area contributed by atoms with Crippen molar-refractivity contribution in [1.29, 1.82) is 0 Å². The van der Waals surface area contributed by atoms with Gasteiger partial charge in [-0.15, -0.1) is 0 Å². The molecule has 0 atom stereocenters. The summed E-state index contributed by atoms with van der Waals surface area (Å²) in [5, 5.41) is 6.56. The van der Waals surface area contributed by atoms with E-state index in [-0.39, 0.29) is 0 Å².